The Morgan fingerprint density at radius 3 is 2.26 bits per heavy atom. The highest BCUT2D eigenvalue weighted by atomic mass is 16.2. The van der Waals surface area contributed by atoms with Crippen molar-refractivity contribution < 1.29 is 24.0 Å². The molecular formula is C19H21N3O5. The van der Waals surface area contributed by atoms with Crippen molar-refractivity contribution in [3.63, 3.8) is 0 Å². The molecule has 1 fully saturated rings. The zero-order valence-electron chi connectivity index (χ0n) is 15.2. The minimum atomic E-state index is -1.03. The van der Waals surface area contributed by atoms with E-state index in [1.54, 1.807) is 24.3 Å². The molecule has 2 N–H and O–H groups in total. The molecule has 2 atom stereocenters. The molecule has 8 heteroatoms. The van der Waals surface area contributed by atoms with Crippen molar-refractivity contribution in [3.8, 4) is 0 Å². The second kappa shape index (κ2) is 7.30. The summed E-state index contributed by atoms with van der Waals surface area (Å²) in [6.45, 7) is 3.76. The maximum atomic E-state index is 12.9. The van der Waals surface area contributed by atoms with Crippen molar-refractivity contribution >= 4 is 29.5 Å². The van der Waals surface area contributed by atoms with E-state index >= 15 is 0 Å². The molecule has 5 amide bonds. The van der Waals surface area contributed by atoms with Crippen LogP contribution in [0.5, 0.6) is 0 Å². The number of amides is 5. The largest absolute Gasteiger partial charge is 0.342 e. The van der Waals surface area contributed by atoms with Crippen LogP contribution in [0.25, 0.3) is 0 Å². The van der Waals surface area contributed by atoms with Gasteiger partial charge in [0.1, 0.15) is 12.1 Å². The van der Waals surface area contributed by atoms with E-state index in [4.69, 9.17) is 0 Å². The maximum Gasteiger partial charge on any atom is 0.262 e. The molecular weight excluding hydrogens is 350 g/mol. The predicted molar refractivity (Wildman–Crippen MR) is 94.5 cm³/mol. The van der Waals surface area contributed by atoms with E-state index < -0.39 is 35.7 Å². The Hall–Kier alpha value is -3.03. The number of carbonyl (C=O) groups excluding carboxylic acids is 5. The summed E-state index contributed by atoms with van der Waals surface area (Å²) in [6, 6.07) is 4.55. The minimum absolute atomic E-state index is 0.0341. The van der Waals surface area contributed by atoms with Gasteiger partial charge in [-0.1, -0.05) is 26.0 Å². The molecule has 1 aromatic rings. The summed E-state index contributed by atoms with van der Waals surface area (Å²) in [6.07, 6.45) is 0.579. The maximum absolute atomic E-state index is 12.9. The fourth-order valence-corrected chi connectivity index (χ4v) is 3.37. The van der Waals surface area contributed by atoms with Gasteiger partial charge in [-0.2, -0.15) is 0 Å². The second-order valence-electron chi connectivity index (χ2n) is 7.18. The summed E-state index contributed by atoms with van der Waals surface area (Å²) < 4.78 is 0. The number of piperidine rings is 1. The van der Waals surface area contributed by atoms with E-state index in [-0.39, 0.29) is 42.2 Å². The summed E-state index contributed by atoms with van der Waals surface area (Å²) in [4.78, 5) is 62.5. The van der Waals surface area contributed by atoms with Crippen molar-refractivity contribution in [2.45, 2.75) is 45.2 Å². The van der Waals surface area contributed by atoms with Crippen LogP contribution in [0, 0.1) is 5.92 Å². The highest BCUT2D eigenvalue weighted by Gasteiger charge is 2.43. The van der Waals surface area contributed by atoms with E-state index in [2.05, 4.69) is 10.6 Å². The van der Waals surface area contributed by atoms with Crippen molar-refractivity contribution in [2.75, 3.05) is 0 Å². The van der Waals surface area contributed by atoms with Crippen molar-refractivity contribution in [2.24, 2.45) is 5.92 Å². The number of nitrogens with zero attached hydrogens (tertiary/aromatic N) is 1. The number of nitrogens with one attached hydrogen (secondary N) is 2. The SMILES string of the molecule is CC(C)CC(C(=O)NC1CCC(=O)NC1=O)N1C(=O)c2ccccc2C1=O. The normalized spacial score (nSPS) is 20.6. The number of carbonyl (C=O) groups is 5. The van der Waals surface area contributed by atoms with E-state index in [1.807, 2.05) is 13.8 Å². The topological polar surface area (TPSA) is 113 Å². The highest BCUT2D eigenvalue weighted by Crippen LogP contribution is 2.27. The molecule has 2 aliphatic heterocycles. The molecule has 1 aromatic carbocycles. The van der Waals surface area contributed by atoms with Gasteiger partial charge >= 0.3 is 0 Å². The number of rotatable bonds is 5. The quantitative estimate of drug-likeness (QED) is 0.737. The third-order valence-electron chi connectivity index (χ3n) is 4.69. The molecule has 2 aliphatic rings. The Morgan fingerprint density at radius 1 is 1.15 bits per heavy atom. The monoisotopic (exact) mass is 371 g/mol. The average molecular weight is 371 g/mol. The molecule has 0 saturated carbocycles. The Kier molecular flexibility index (Phi) is 5.07. The molecule has 142 valence electrons. The van der Waals surface area contributed by atoms with Crippen molar-refractivity contribution in [1.82, 2.24) is 15.5 Å². The molecule has 8 nitrogen and oxygen atoms in total. The third-order valence-corrected chi connectivity index (χ3v) is 4.69. The Bertz CT molecular complexity index is 797. The molecule has 0 bridgehead atoms. The van der Waals surface area contributed by atoms with Gasteiger partial charge in [-0.05, 0) is 30.9 Å². The first-order chi connectivity index (χ1) is 12.8. The fraction of sp³-hybridized carbons (Fsp3) is 0.421. The predicted octanol–water partition coefficient (Wildman–Crippen LogP) is 0.619. The zero-order valence-corrected chi connectivity index (χ0v) is 15.2. The van der Waals surface area contributed by atoms with Gasteiger partial charge in [0.15, 0.2) is 0 Å². The van der Waals surface area contributed by atoms with Crippen LogP contribution in [0.4, 0.5) is 0 Å². The Balaban J connectivity index is 1.83. The fourth-order valence-electron chi connectivity index (χ4n) is 3.37. The summed E-state index contributed by atoms with van der Waals surface area (Å²) in [5.74, 6) is -2.53. The lowest BCUT2D eigenvalue weighted by atomic mass is 10.00. The molecule has 2 heterocycles. The van der Waals surface area contributed by atoms with Crippen LogP contribution in [0.2, 0.25) is 0 Å². The van der Waals surface area contributed by atoms with Crippen LogP contribution in [-0.4, -0.2) is 46.5 Å². The van der Waals surface area contributed by atoms with E-state index in [9.17, 15) is 24.0 Å². The number of hydrogen-bond donors (Lipinski definition) is 2. The van der Waals surface area contributed by atoms with E-state index in [0.29, 0.717) is 0 Å². The standard InChI is InChI=1S/C19H21N3O5/c1-10(2)9-14(17(25)20-13-7-8-15(23)21-16(13)24)22-18(26)11-5-3-4-6-12(11)19(22)27/h3-6,10,13-14H,7-9H2,1-2H3,(H,20,25)(H,21,23,24). The Morgan fingerprint density at radius 2 is 1.74 bits per heavy atom. The first kappa shape index (κ1) is 18.8. The number of imide groups is 2. The average Bonchev–Trinajstić information content (AvgIpc) is 2.86. The summed E-state index contributed by atoms with van der Waals surface area (Å²) in [5, 5.41) is 4.77. The lowest BCUT2D eigenvalue weighted by Crippen LogP contribution is -2.57. The second-order valence-corrected chi connectivity index (χ2v) is 7.18. The van der Waals surface area contributed by atoms with Crippen molar-refractivity contribution in [3.05, 3.63) is 35.4 Å². The van der Waals surface area contributed by atoms with Gasteiger partial charge in [0.05, 0.1) is 11.1 Å². The first-order valence-corrected chi connectivity index (χ1v) is 8.90. The minimum Gasteiger partial charge on any atom is -0.342 e. The molecule has 3 rings (SSSR count). The van der Waals surface area contributed by atoms with Crippen LogP contribution in [0.3, 0.4) is 0 Å². The Labute approximate surface area is 156 Å². The van der Waals surface area contributed by atoms with Crippen LogP contribution in [0.1, 0.15) is 53.8 Å². The van der Waals surface area contributed by atoms with Gasteiger partial charge < -0.3 is 5.32 Å². The molecule has 0 aliphatic carbocycles. The smallest absolute Gasteiger partial charge is 0.262 e. The third kappa shape index (κ3) is 3.60. The number of fused-ring (bicyclic) bond motifs is 1. The van der Waals surface area contributed by atoms with Crippen LogP contribution in [-0.2, 0) is 14.4 Å². The summed E-state index contributed by atoms with van der Waals surface area (Å²) in [5.41, 5.74) is 0.537. The van der Waals surface area contributed by atoms with Gasteiger partial charge in [-0.25, -0.2) is 0 Å². The molecule has 0 radical (unpaired) electrons. The molecule has 2 unspecified atom stereocenters. The van der Waals surface area contributed by atoms with E-state index in [1.165, 1.54) is 0 Å². The van der Waals surface area contributed by atoms with Crippen LogP contribution in [0.15, 0.2) is 24.3 Å². The van der Waals surface area contributed by atoms with Crippen LogP contribution >= 0.6 is 0 Å². The number of benzene rings is 1. The lowest BCUT2D eigenvalue weighted by Gasteiger charge is -2.29. The summed E-state index contributed by atoms with van der Waals surface area (Å²) >= 11 is 0. The van der Waals surface area contributed by atoms with Crippen LogP contribution < -0.4 is 10.6 Å². The molecule has 27 heavy (non-hydrogen) atoms. The highest BCUT2D eigenvalue weighted by molar-refractivity contribution is 6.23. The van der Waals surface area contributed by atoms with Gasteiger partial charge in [0.2, 0.25) is 17.7 Å². The molecule has 0 aromatic heterocycles. The van der Waals surface area contributed by atoms with Gasteiger partial charge in [-0.3, -0.25) is 34.2 Å². The molecule has 0 spiro atoms. The summed E-state index contributed by atoms with van der Waals surface area (Å²) in [7, 11) is 0. The van der Waals surface area contributed by atoms with Gasteiger partial charge in [-0.15, -0.1) is 0 Å². The van der Waals surface area contributed by atoms with Gasteiger partial charge in [0.25, 0.3) is 11.8 Å². The van der Waals surface area contributed by atoms with E-state index in [0.717, 1.165) is 4.90 Å². The zero-order chi connectivity index (χ0) is 19.7. The van der Waals surface area contributed by atoms with Crippen molar-refractivity contribution in [1.29, 1.82) is 0 Å². The lowest BCUT2D eigenvalue weighted by molar-refractivity contribution is -0.138. The first-order valence-electron chi connectivity index (χ1n) is 8.90. The van der Waals surface area contributed by atoms with Gasteiger partial charge in [0, 0.05) is 6.42 Å². The molecule has 1 saturated heterocycles. The number of hydrogen-bond acceptors (Lipinski definition) is 5.